The summed E-state index contributed by atoms with van der Waals surface area (Å²) in [6, 6.07) is 0. The van der Waals surface area contributed by atoms with Crippen LogP contribution in [0.2, 0.25) is 0 Å². The predicted molar refractivity (Wildman–Crippen MR) is 205 cm³/mol. The van der Waals surface area contributed by atoms with Gasteiger partial charge in [0.25, 0.3) is 0 Å². The molecule has 284 valence electrons. The normalized spacial score (nSPS) is 14.8. The first-order valence-corrected chi connectivity index (χ1v) is 19.8. The van der Waals surface area contributed by atoms with Gasteiger partial charge >= 0.3 is 19.8 Å². The number of carbonyl (C=O) groups is 2. The van der Waals surface area contributed by atoms with Crippen LogP contribution >= 0.6 is 7.82 Å². The van der Waals surface area contributed by atoms with Crippen LogP contribution in [0.4, 0.5) is 0 Å². The van der Waals surface area contributed by atoms with E-state index in [9.17, 15) is 19.0 Å². The van der Waals surface area contributed by atoms with Gasteiger partial charge in [0, 0.05) is 12.8 Å². The summed E-state index contributed by atoms with van der Waals surface area (Å²) in [5.74, 6) is -0.942. The van der Waals surface area contributed by atoms with Crippen molar-refractivity contribution in [3.05, 3.63) is 85.1 Å². The maximum Gasteiger partial charge on any atom is 0.472 e. The smallest absolute Gasteiger partial charge is 0.462 e. The average Bonchev–Trinajstić information content (AvgIpc) is 3.06. The van der Waals surface area contributed by atoms with Crippen LogP contribution in [-0.4, -0.2) is 74.9 Å². The molecule has 0 radical (unpaired) electrons. The molecule has 0 aliphatic carbocycles. The van der Waals surface area contributed by atoms with Crippen molar-refractivity contribution in [1.29, 1.82) is 0 Å². The molecule has 0 bridgehead atoms. The minimum atomic E-state index is -4.40. The molecule has 50 heavy (non-hydrogen) atoms. The molecular formula is C40H67NO8P+. The van der Waals surface area contributed by atoms with Gasteiger partial charge in [-0.3, -0.25) is 18.6 Å². The highest BCUT2D eigenvalue weighted by atomic mass is 31.2. The summed E-state index contributed by atoms with van der Waals surface area (Å²) in [5.41, 5.74) is 0. The molecule has 0 spiro atoms. The third-order valence-corrected chi connectivity index (χ3v) is 7.92. The molecule has 0 saturated carbocycles. The van der Waals surface area contributed by atoms with Gasteiger partial charge in [-0.2, -0.15) is 0 Å². The summed E-state index contributed by atoms with van der Waals surface area (Å²) < 4.78 is 34.0. The van der Waals surface area contributed by atoms with Crippen molar-refractivity contribution in [2.45, 2.75) is 110 Å². The number of rotatable bonds is 31. The van der Waals surface area contributed by atoms with E-state index >= 15 is 0 Å². The number of phosphoric ester groups is 1. The molecule has 2 atom stereocenters. The van der Waals surface area contributed by atoms with E-state index in [2.05, 4.69) is 86.8 Å². The minimum Gasteiger partial charge on any atom is -0.462 e. The molecular weight excluding hydrogens is 653 g/mol. The maximum atomic E-state index is 12.6. The first-order chi connectivity index (χ1) is 24.0. The SMILES string of the molecule is CC/C=C\C/C=C\C/C=C\C/C=C\CCC(=O)OC(COC(=O)CCCCC/C=C\C/C=C\C/C=C\CC)COP(=O)(O)OCC[N+](C)(C)C. The van der Waals surface area contributed by atoms with Gasteiger partial charge in [0.15, 0.2) is 6.10 Å². The number of likely N-dealkylation sites (N-methyl/N-ethyl adjacent to an activating group) is 1. The number of esters is 2. The van der Waals surface area contributed by atoms with E-state index in [4.69, 9.17) is 18.5 Å². The number of unbranched alkanes of at least 4 members (excludes halogenated alkanes) is 3. The van der Waals surface area contributed by atoms with Crippen molar-refractivity contribution in [3.63, 3.8) is 0 Å². The van der Waals surface area contributed by atoms with Gasteiger partial charge in [-0.05, 0) is 70.6 Å². The zero-order valence-corrected chi connectivity index (χ0v) is 32.5. The lowest BCUT2D eigenvalue weighted by Gasteiger charge is -2.24. The molecule has 1 N–H and O–H groups in total. The average molecular weight is 721 g/mol. The first-order valence-electron chi connectivity index (χ1n) is 18.3. The molecule has 9 nitrogen and oxygen atoms in total. The molecule has 0 aliphatic rings. The van der Waals surface area contributed by atoms with Gasteiger partial charge in [0.05, 0.1) is 27.7 Å². The summed E-state index contributed by atoms with van der Waals surface area (Å²) in [5, 5.41) is 0. The fraction of sp³-hybridized carbons (Fsp3) is 0.600. The Morgan fingerprint density at radius 1 is 0.620 bits per heavy atom. The van der Waals surface area contributed by atoms with Crippen LogP contribution in [0.15, 0.2) is 85.1 Å². The van der Waals surface area contributed by atoms with Gasteiger partial charge in [-0.25, -0.2) is 4.57 Å². The van der Waals surface area contributed by atoms with Gasteiger partial charge < -0.3 is 18.9 Å². The molecule has 10 heteroatoms. The number of carbonyl (C=O) groups excluding carboxylic acids is 2. The summed E-state index contributed by atoms with van der Waals surface area (Å²) in [4.78, 5) is 35.1. The van der Waals surface area contributed by atoms with Crippen molar-refractivity contribution in [1.82, 2.24) is 0 Å². The monoisotopic (exact) mass is 720 g/mol. The first kappa shape index (κ1) is 47.2. The van der Waals surface area contributed by atoms with E-state index in [1.165, 1.54) is 0 Å². The van der Waals surface area contributed by atoms with E-state index in [0.29, 0.717) is 23.9 Å². The Morgan fingerprint density at radius 3 is 1.64 bits per heavy atom. The lowest BCUT2D eigenvalue weighted by Crippen LogP contribution is -2.37. The molecule has 0 aromatic carbocycles. The standard InChI is InChI=1S/C40H66NO8P/c1-6-8-10-12-14-16-18-20-22-24-26-28-30-32-39(42)46-36-38(37-48-50(44,45)47-35-34-41(3,4)5)49-40(43)33-31-29-27-25-23-21-19-17-15-13-11-9-7-2/h8-11,14-17,20-23,27,29,38H,6-7,12-13,18-19,24-26,28,30-37H2,1-5H3/p+1/b10-8-,11-9-,16-14-,17-15-,22-20-,23-21-,29-27-. The van der Waals surface area contributed by atoms with Gasteiger partial charge in [-0.1, -0.05) is 105 Å². The number of hydrogen-bond acceptors (Lipinski definition) is 7. The third kappa shape index (κ3) is 35.0. The summed E-state index contributed by atoms with van der Waals surface area (Å²) in [6.07, 6.45) is 39.5. The van der Waals surface area contributed by atoms with E-state index in [1.807, 2.05) is 33.3 Å². The largest absolute Gasteiger partial charge is 0.472 e. The number of phosphoric acid groups is 1. The van der Waals surface area contributed by atoms with Gasteiger partial charge in [0.2, 0.25) is 0 Å². The fourth-order valence-corrected chi connectivity index (χ4v) is 4.84. The van der Waals surface area contributed by atoms with Crippen LogP contribution in [0.25, 0.3) is 0 Å². The molecule has 0 heterocycles. The van der Waals surface area contributed by atoms with Crippen LogP contribution in [0, 0.1) is 0 Å². The minimum absolute atomic E-state index is 0.00929. The van der Waals surface area contributed by atoms with Crippen LogP contribution in [0.3, 0.4) is 0 Å². The zero-order valence-electron chi connectivity index (χ0n) is 31.6. The highest BCUT2D eigenvalue weighted by molar-refractivity contribution is 7.47. The molecule has 0 amide bonds. The Kier molecular flexibility index (Phi) is 30.3. The lowest BCUT2D eigenvalue weighted by atomic mass is 10.1. The van der Waals surface area contributed by atoms with Crippen molar-refractivity contribution in [2.75, 3.05) is 47.5 Å². The highest BCUT2D eigenvalue weighted by Crippen LogP contribution is 2.43. The zero-order chi connectivity index (χ0) is 37.2. The van der Waals surface area contributed by atoms with Crippen LogP contribution in [-0.2, 0) is 32.7 Å². The molecule has 0 fully saturated rings. The van der Waals surface area contributed by atoms with Crippen molar-refractivity contribution < 1.29 is 42.1 Å². The second-order valence-corrected chi connectivity index (χ2v) is 14.3. The number of allylic oxidation sites excluding steroid dienone is 14. The quantitative estimate of drug-likeness (QED) is 0.0248. The summed E-state index contributed by atoms with van der Waals surface area (Å²) >= 11 is 0. The van der Waals surface area contributed by atoms with Crippen molar-refractivity contribution in [3.8, 4) is 0 Å². The molecule has 0 aromatic rings. The number of ether oxygens (including phenoxy) is 2. The molecule has 0 rings (SSSR count). The summed E-state index contributed by atoms with van der Waals surface area (Å²) in [7, 11) is 1.40. The lowest BCUT2D eigenvalue weighted by molar-refractivity contribution is -0.870. The summed E-state index contributed by atoms with van der Waals surface area (Å²) in [6.45, 7) is 4.02. The van der Waals surface area contributed by atoms with Crippen molar-refractivity contribution >= 4 is 19.8 Å². The predicted octanol–water partition coefficient (Wildman–Crippen LogP) is 9.68. The number of quaternary nitrogens is 1. The second-order valence-electron chi connectivity index (χ2n) is 12.8. The Hall–Kier alpha value is -2.81. The second kappa shape index (κ2) is 32.1. The van der Waals surface area contributed by atoms with Gasteiger partial charge in [0.1, 0.15) is 19.8 Å². The van der Waals surface area contributed by atoms with Gasteiger partial charge in [-0.15, -0.1) is 0 Å². The Morgan fingerprint density at radius 2 is 1.12 bits per heavy atom. The van der Waals surface area contributed by atoms with Crippen LogP contribution < -0.4 is 0 Å². The van der Waals surface area contributed by atoms with Crippen LogP contribution in [0.5, 0.6) is 0 Å². The topological polar surface area (TPSA) is 108 Å². The molecule has 0 aliphatic heterocycles. The van der Waals surface area contributed by atoms with Crippen LogP contribution in [0.1, 0.15) is 104 Å². The number of nitrogens with zero attached hydrogens (tertiary/aromatic N) is 1. The Labute approximate surface area is 303 Å². The maximum absolute atomic E-state index is 12.6. The van der Waals surface area contributed by atoms with E-state index in [-0.39, 0.29) is 26.1 Å². The Bertz CT molecular complexity index is 1130. The third-order valence-electron chi connectivity index (χ3n) is 6.93. The molecule has 2 unspecified atom stereocenters. The van der Waals surface area contributed by atoms with Crippen molar-refractivity contribution in [2.24, 2.45) is 0 Å². The van der Waals surface area contributed by atoms with E-state index in [0.717, 1.165) is 64.2 Å². The molecule has 0 saturated heterocycles. The molecule has 0 aromatic heterocycles. The fourth-order valence-electron chi connectivity index (χ4n) is 4.10. The number of hydrogen-bond donors (Lipinski definition) is 1. The van der Waals surface area contributed by atoms with E-state index < -0.39 is 32.5 Å². The Balaban J connectivity index is 4.65. The highest BCUT2D eigenvalue weighted by Gasteiger charge is 2.27. The van der Waals surface area contributed by atoms with E-state index in [1.54, 1.807) is 0 Å².